The fraction of sp³-hybridized carbons (Fsp3) is 0.191. The van der Waals surface area contributed by atoms with E-state index in [9.17, 15) is 0 Å². The monoisotopic (exact) mass is 802 g/mol. The first-order valence-corrected chi connectivity index (χ1v) is 20.6. The third-order valence-electron chi connectivity index (χ3n) is 9.39. The van der Waals surface area contributed by atoms with Crippen molar-refractivity contribution in [2.24, 2.45) is 0 Å². The standard InChI is InChI=1S/C24H17.C21H25.2CH3.2ClH.Si.Zr/c1-16-13-17-8-6-12-22(23(17)14-16)24-15-18-7-2-3-9-19(18)20-10-4-5-11-21(20)24;1-20(2,3)16-7-9-18-14(12-16)11-15-13-17(21(4,5)6)8-10-19(15)18;;;;;;/h2-15H,1H3;7-13H,1-6H3;2*1H3;2*1H;;/q4*-1;;;;. The zero-order valence-electron chi connectivity index (χ0n) is 31.4. The average Bonchev–Trinajstić information content (AvgIpc) is 3.63. The molecule has 264 valence electrons. The summed E-state index contributed by atoms with van der Waals surface area (Å²) in [5.74, 6) is 0. The Hall–Kier alpha value is -3.00. The zero-order chi connectivity index (χ0) is 33.5. The van der Waals surface area contributed by atoms with E-state index in [1.807, 2.05) is 0 Å². The molecule has 0 aliphatic rings. The van der Waals surface area contributed by atoms with Crippen LogP contribution in [0.2, 0.25) is 0 Å². The number of fused-ring (bicyclic) bond motifs is 7. The number of hydrogen-bond donors (Lipinski definition) is 0. The van der Waals surface area contributed by atoms with Crippen molar-refractivity contribution in [1.82, 2.24) is 0 Å². The summed E-state index contributed by atoms with van der Waals surface area (Å²) in [5.41, 5.74) is 7.18. The topological polar surface area (TPSA) is 0 Å². The summed E-state index contributed by atoms with van der Waals surface area (Å²) in [4.78, 5) is 0. The van der Waals surface area contributed by atoms with E-state index in [1.54, 1.807) is 0 Å². The number of halogens is 2. The predicted molar refractivity (Wildman–Crippen MR) is 232 cm³/mol. The Morgan fingerprint density at radius 2 is 0.961 bits per heavy atom. The Kier molecular flexibility index (Phi) is 15.3. The van der Waals surface area contributed by atoms with Gasteiger partial charge in [0.2, 0.25) is 0 Å². The normalized spacial score (nSPS) is 10.9. The first-order chi connectivity index (χ1) is 22.5. The van der Waals surface area contributed by atoms with Gasteiger partial charge in [0.15, 0.2) is 0 Å². The van der Waals surface area contributed by atoms with Gasteiger partial charge in [0.25, 0.3) is 0 Å². The maximum atomic E-state index is 3.06. The molecule has 0 N–H and O–H groups in total. The minimum absolute atomic E-state index is 0. The van der Waals surface area contributed by atoms with Crippen molar-refractivity contribution >= 4 is 85.6 Å². The molecular formula is C47H50Cl2SiZr-4. The molecule has 8 rings (SSSR count). The molecule has 0 spiro atoms. The van der Waals surface area contributed by atoms with Gasteiger partial charge in [0, 0.05) is 0 Å². The first kappa shape index (κ1) is 44.2. The van der Waals surface area contributed by atoms with E-state index in [2.05, 4.69) is 183 Å². The Morgan fingerprint density at radius 3 is 1.51 bits per heavy atom. The molecule has 0 atom stereocenters. The molecule has 0 amide bonds. The molecule has 0 unspecified atom stereocenters. The Balaban J connectivity index is 0.000000316. The van der Waals surface area contributed by atoms with Gasteiger partial charge >= 0.3 is 30.2 Å². The second kappa shape index (κ2) is 17.7. The zero-order valence-corrected chi connectivity index (χ0v) is 36.5. The van der Waals surface area contributed by atoms with Crippen molar-refractivity contribution in [2.45, 2.75) is 59.3 Å². The van der Waals surface area contributed by atoms with Crippen LogP contribution >= 0.6 is 24.8 Å². The van der Waals surface area contributed by atoms with Crippen LogP contribution in [-0.4, -0.2) is 6.88 Å². The van der Waals surface area contributed by atoms with Crippen molar-refractivity contribution in [3.05, 3.63) is 159 Å². The molecule has 2 radical (unpaired) electrons. The molecule has 0 aromatic heterocycles. The van der Waals surface area contributed by atoms with Gasteiger partial charge in [0.05, 0.1) is 0 Å². The summed E-state index contributed by atoms with van der Waals surface area (Å²) >= 11 is 1.36. The number of rotatable bonds is 1. The van der Waals surface area contributed by atoms with Gasteiger partial charge in [-0.05, 0) is 44.0 Å². The second-order valence-electron chi connectivity index (χ2n) is 14.8. The number of aryl methyl sites for hydroxylation is 1. The van der Waals surface area contributed by atoms with Crippen molar-refractivity contribution in [3.8, 4) is 11.1 Å². The molecule has 0 fully saturated rings. The SMILES string of the molecule is CC(C)(C)c1ccc2c(c1)[cH-]c1cc(C(C)(C)C)ccc12.Cc1cc2c(-c3cc4ccccc4c4ccccc34)cccc2[cH-]1.Cl.Cl.[CH3-].[CH3-].[Si]=[Zr]. The molecule has 8 aromatic rings. The first-order valence-electron chi connectivity index (χ1n) is 16.4. The van der Waals surface area contributed by atoms with Gasteiger partial charge in [-0.15, -0.1) is 99.1 Å². The average molecular weight is 805 g/mol. The summed E-state index contributed by atoms with van der Waals surface area (Å²) in [6.07, 6.45) is 0. The molecule has 0 saturated carbocycles. The Bertz CT molecular complexity index is 2310. The van der Waals surface area contributed by atoms with Crippen LogP contribution in [0.25, 0.3) is 65.0 Å². The van der Waals surface area contributed by atoms with E-state index >= 15 is 0 Å². The summed E-state index contributed by atoms with van der Waals surface area (Å²) in [6, 6.07) is 47.1. The van der Waals surface area contributed by atoms with Gasteiger partial charge in [-0.2, -0.15) is 6.07 Å². The van der Waals surface area contributed by atoms with Crippen LogP contribution in [0, 0.1) is 21.8 Å². The van der Waals surface area contributed by atoms with E-state index < -0.39 is 0 Å². The van der Waals surface area contributed by atoms with Gasteiger partial charge in [-0.3, -0.25) is 0 Å². The molecule has 0 saturated heterocycles. The molecule has 8 aromatic carbocycles. The van der Waals surface area contributed by atoms with Crippen LogP contribution in [0.3, 0.4) is 0 Å². The van der Waals surface area contributed by atoms with Crippen molar-refractivity contribution in [2.75, 3.05) is 0 Å². The molecule has 0 aliphatic carbocycles. The van der Waals surface area contributed by atoms with E-state index in [4.69, 9.17) is 0 Å². The molecule has 0 bridgehead atoms. The van der Waals surface area contributed by atoms with Crippen LogP contribution in [0.5, 0.6) is 0 Å². The van der Waals surface area contributed by atoms with Crippen LogP contribution in [0.4, 0.5) is 0 Å². The van der Waals surface area contributed by atoms with E-state index in [0.29, 0.717) is 0 Å². The molecule has 4 heteroatoms. The molecule has 51 heavy (non-hydrogen) atoms. The quantitative estimate of drug-likeness (QED) is 0.0881. The van der Waals surface area contributed by atoms with E-state index in [0.717, 1.165) is 0 Å². The Morgan fingerprint density at radius 1 is 0.451 bits per heavy atom. The van der Waals surface area contributed by atoms with Gasteiger partial charge in [0.1, 0.15) is 0 Å². The van der Waals surface area contributed by atoms with Crippen LogP contribution in [0.15, 0.2) is 127 Å². The third kappa shape index (κ3) is 8.97. The second-order valence-corrected chi connectivity index (χ2v) is 14.8. The minimum atomic E-state index is 0. The van der Waals surface area contributed by atoms with Crippen molar-refractivity contribution in [1.29, 1.82) is 0 Å². The van der Waals surface area contributed by atoms with E-state index in [-0.39, 0.29) is 50.5 Å². The van der Waals surface area contributed by atoms with Gasteiger partial charge in [-0.25, -0.2) is 0 Å². The van der Waals surface area contributed by atoms with Gasteiger partial charge in [-0.1, -0.05) is 144 Å². The maximum absolute atomic E-state index is 3.06. The molecule has 0 nitrogen and oxygen atoms in total. The fourth-order valence-corrected chi connectivity index (χ4v) is 6.85. The molecule has 0 aliphatic heterocycles. The van der Waals surface area contributed by atoms with Crippen LogP contribution in [-0.2, 0) is 34.2 Å². The summed E-state index contributed by atoms with van der Waals surface area (Å²) in [6.45, 7) is 18.9. The van der Waals surface area contributed by atoms with Crippen LogP contribution < -0.4 is 0 Å². The predicted octanol–water partition coefficient (Wildman–Crippen LogP) is 14.5. The summed E-state index contributed by atoms with van der Waals surface area (Å²) in [5, 5.41) is 13.4. The number of benzene rings is 6. The van der Waals surface area contributed by atoms with Crippen molar-refractivity contribution < 1.29 is 23.3 Å². The van der Waals surface area contributed by atoms with Crippen LogP contribution in [0.1, 0.15) is 58.2 Å². The Labute approximate surface area is 335 Å². The van der Waals surface area contributed by atoms with E-state index in [1.165, 1.54) is 105 Å². The molecular weight excluding hydrogens is 755 g/mol. The molecule has 0 heterocycles. The summed E-state index contributed by atoms with van der Waals surface area (Å²) < 4.78 is 0. The summed E-state index contributed by atoms with van der Waals surface area (Å²) in [7, 11) is 0. The third-order valence-corrected chi connectivity index (χ3v) is 9.39. The van der Waals surface area contributed by atoms with Crippen molar-refractivity contribution in [3.63, 3.8) is 0 Å². The van der Waals surface area contributed by atoms with Gasteiger partial charge < -0.3 is 14.9 Å². The fourth-order valence-electron chi connectivity index (χ4n) is 6.85. The number of hydrogen-bond acceptors (Lipinski definition) is 0.